The van der Waals surface area contributed by atoms with Crippen LogP contribution in [0.2, 0.25) is 0 Å². The Balaban J connectivity index is 2.45. The number of halogens is 1. The van der Waals surface area contributed by atoms with E-state index in [0.717, 1.165) is 28.9 Å². The van der Waals surface area contributed by atoms with Gasteiger partial charge in [-0.1, -0.05) is 68.1 Å². The summed E-state index contributed by atoms with van der Waals surface area (Å²) in [5, 5.41) is 0. The van der Waals surface area contributed by atoms with E-state index in [4.69, 9.17) is 0 Å². The van der Waals surface area contributed by atoms with Crippen molar-refractivity contribution in [3.63, 3.8) is 0 Å². The van der Waals surface area contributed by atoms with Gasteiger partial charge >= 0.3 is 0 Å². The summed E-state index contributed by atoms with van der Waals surface area (Å²) >= 11 is 3.39. The maximum atomic E-state index is 4.44. The number of aromatic nitrogens is 2. The van der Waals surface area contributed by atoms with E-state index in [1.807, 2.05) is 54.6 Å². The molecule has 0 radical (unpaired) electrons. The largest absolute Gasteiger partial charge is 0.222 e. The lowest BCUT2D eigenvalue weighted by atomic mass is 10.1. The van der Waals surface area contributed by atoms with E-state index in [-0.39, 0.29) is 0 Å². The van der Waals surface area contributed by atoms with Gasteiger partial charge in [0.1, 0.15) is 0 Å². The molecule has 0 bridgehead atoms. The van der Waals surface area contributed by atoms with Crippen LogP contribution in [0.4, 0.5) is 0 Å². The Morgan fingerprint density at radius 2 is 2.00 bits per heavy atom. The van der Waals surface area contributed by atoms with Crippen LogP contribution in [0.5, 0.6) is 0 Å². The van der Waals surface area contributed by atoms with Crippen molar-refractivity contribution in [1.82, 2.24) is 9.97 Å². The molecular formula is C18H17BrN2. The highest BCUT2D eigenvalue weighted by Gasteiger charge is 2.06. The van der Waals surface area contributed by atoms with Crippen LogP contribution < -0.4 is 0 Å². The smallest absolute Gasteiger partial charge is 0.197 e. The normalized spacial score (nSPS) is 11.8. The molecular weight excluding hydrogens is 324 g/mol. The Kier molecular flexibility index (Phi) is 5.64. The summed E-state index contributed by atoms with van der Waals surface area (Å²) < 4.78 is 0.575. The predicted molar refractivity (Wildman–Crippen MR) is 92.8 cm³/mol. The van der Waals surface area contributed by atoms with Gasteiger partial charge in [-0.2, -0.15) is 0 Å². The highest BCUT2D eigenvalue weighted by atomic mass is 79.9. The number of rotatable bonds is 5. The van der Waals surface area contributed by atoms with E-state index in [0.29, 0.717) is 4.73 Å². The summed E-state index contributed by atoms with van der Waals surface area (Å²) in [6, 6.07) is 12.0. The average molecular weight is 341 g/mol. The molecule has 1 aromatic heterocycles. The van der Waals surface area contributed by atoms with E-state index >= 15 is 0 Å². The van der Waals surface area contributed by atoms with Crippen molar-refractivity contribution in [2.24, 2.45) is 0 Å². The zero-order valence-corrected chi connectivity index (χ0v) is 13.5. The van der Waals surface area contributed by atoms with Gasteiger partial charge in [0.2, 0.25) is 0 Å². The maximum Gasteiger partial charge on any atom is 0.197 e. The Morgan fingerprint density at radius 1 is 1.24 bits per heavy atom. The lowest BCUT2D eigenvalue weighted by Crippen LogP contribution is -1.94. The molecule has 0 unspecified atom stereocenters. The van der Waals surface area contributed by atoms with Gasteiger partial charge in [0.05, 0.1) is 11.4 Å². The molecule has 0 saturated heterocycles. The summed E-state index contributed by atoms with van der Waals surface area (Å²) in [4.78, 5) is 8.88. The first-order chi connectivity index (χ1) is 10.2. The first-order valence-corrected chi connectivity index (χ1v) is 7.63. The second-order valence-corrected chi connectivity index (χ2v) is 5.15. The molecule has 106 valence electrons. The van der Waals surface area contributed by atoms with E-state index in [9.17, 15) is 0 Å². The highest BCUT2D eigenvalue weighted by Crippen LogP contribution is 2.23. The molecule has 21 heavy (non-hydrogen) atoms. The average Bonchev–Trinajstić information content (AvgIpc) is 2.52. The highest BCUT2D eigenvalue weighted by molar-refractivity contribution is 9.10. The summed E-state index contributed by atoms with van der Waals surface area (Å²) in [5.74, 6) is 0. The second-order valence-electron chi connectivity index (χ2n) is 4.44. The number of hydrogen-bond acceptors (Lipinski definition) is 2. The predicted octanol–water partition coefficient (Wildman–Crippen LogP) is 5.44. The topological polar surface area (TPSA) is 25.8 Å². The molecule has 0 atom stereocenters. The van der Waals surface area contributed by atoms with E-state index in [1.54, 1.807) is 0 Å². The van der Waals surface area contributed by atoms with Crippen molar-refractivity contribution >= 4 is 21.5 Å². The minimum absolute atomic E-state index is 0.575. The first-order valence-electron chi connectivity index (χ1n) is 6.84. The third-order valence-corrected chi connectivity index (χ3v) is 3.29. The Bertz CT molecular complexity index is 673. The van der Waals surface area contributed by atoms with Crippen LogP contribution in [0.1, 0.15) is 19.0 Å². The third-order valence-electron chi connectivity index (χ3n) is 2.93. The van der Waals surface area contributed by atoms with Crippen LogP contribution in [0.25, 0.3) is 16.8 Å². The van der Waals surface area contributed by atoms with Crippen molar-refractivity contribution in [2.45, 2.75) is 13.3 Å². The summed E-state index contributed by atoms with van der Waals surface area (Å²) in [5.41, 5.74) is 3.78. The maximum absolute atomic E-state index is 4.44. The van der Waals surface area contributed by atoms with Crippen molar-refractivity contribution in [3.8, 4) is 11.3 Å². The molecule has 2 nitrogen and oxygen atoms in total. The number of allylic oxidation sites excluding steroid dienone is 5. The fraction of sp³-hybridized carbons (Fsp3) is 0.111. The van der Waals surface area contributed by atoms with Gasteiger partial charge in [0.25, 0.3) is 0 Å². The van der Waals surface area contributed by atoms with E-state index in [1.165, 1.54) is 0 Å². The summed E-state index contributed by atoms with van der Waals surface area (Å²) in [6.45, 7) is 5.97. The van der Waals surface area contributed by atoms with Crippen molar-refractivity contribution < 1.29 is 0 Å². The molecule has 0 fully saturated rings. The Labute approximate surface area is 134 Å². The quantitative estimate of drug-likeness (QED) is 0.534. The van der Waals surface area contributed by atoms with Crippen molar-refractivity contribution in [2.75, 3.05) is 0 Å². The molecule has 0 amide bonds. The zero-order valence-electron chi connectivity index (χ0n) is 12.0. The fourth-order valence-corrected chi connectivity index (χ4v) is 2.27. The van der Waals surface area contributed by atoms with Crippen molar-refractivity contribution in [1.29, 1.82) is 0 Å². The number of hydrogen-bond donors (Lipinski definition) is 0. The Hall–Kier alpha value is -2.00. The Morgan fingerprint density at radius 3 is 2.67 bits per heavy atom. The molecule has 0 spiro atoms. The van der Waals surface area contributed by atoms with E-state index < -0.39 is 0 Å². The summed E-state index contributed by atoms with van der Waals surface area (Å²) in [6.07, 6.45) is 8.94. The fourth-order valence-electron chi connectivity index (χ4n) is 1.89. The van der Waals surface area contributed by atoms with Gasteiger partial charge in [-0.3, -0.25) is 0 Å². The van der Waals surface area contributed by atoms with Crippen LogP contribution in [-0.2, 0) is 0 Å². The zero-order chi connectivity index (χ0) is 15.1. The molecule has 1 heterocycles. The molecule has 0 aliphatic rings. The van der Waals surface area contributed by atoms with Crippen LogP contribution >= 0.6 is 15.9 Å². The molecule has 0 saturated carbocycles. The SMILES string of the molecule is C=C/C(=C\C=C/CC)c1cc(-c2ccccc2)nc(Br)n1. The number of nitrogens with zero attached hydrogens (tertiary/aromatic N) is 2. The van der Waals surface area contributed by atoms with Crippen molar-refractivity contribution in [3.05, 3.63) is 77.7 Å². The number of benzene rings is 1. The van der Waals surface area contributed by atoms with Gasteiger partial charge in [-0.25, -0.2) is 9.97 Å². The molecule has 2 rings (SSSR count). The standard InChI is InChI=1S/C18H17BrN2/c1-3-5-7-10-14(4-2)16-13-17(21-18(19)20-16)15-11-8-6-9-12-15/h4-13H,2-3H2,1H3/b7-5-,14-10+. The first kappa shape index (κ1) is 15.4. The lowest BCUT2D eigenvalue weighted by molar-refractivity contribution is 1.10. The van der Waals surface area contributed by atoms with Gasteiger partial charge in [0, 0.05) is 5.56 Å². The molecule has 0 aliphatic carbocycles. The van der Waals surface area contributed by atoms with Gasteiger partial charge in [0.15, 0.2) is 4.73 Å². The summed E-state index contributed by atoms with van der Waals surface area (Å²) in [7, 11) is 0. The minimum Gasteiger partial charge on any atom is -0.222 e. The van der Waals surface area contributed by atoms with Gasteiger partial charge in [-0.15, -0.1) is 0 Å². The van der Waals surface area contributed by atoms with Gasteiger partial charge in [-0.05, 0) is 34.0 Å². The minimum atomic E-state index is 0.575. The third kappa shape index (κ3) is 4.23. The molecule has 0 N–H and O–H groups in total. The lowest BCUT2D eigenvalue weighted by Gasteiger charge is -2.06. The molecule has 3 heteroatoms. The van der Waals surface area contributed by atoms with Crippen LogP contribution in [0.15, 0.2) is 72.0 Å². The molecule has 0 aliphatic heterocycles. The van der Waals surface area contributed by atoms with Crippen LogP contribution in [-0.4, -0.2) is 9.97 Å². The van der Waals surface area contributed by atoms with Gasteiger partial charge < -0.3 is 0 Å². The monoisotopic (exact) mass is 340 g/mol. The second kappa shape index (κ2) is 7.70. The van der Waals surface area contributed by atoms with Crippen LogP contribution in [0, 0.1) is 0 Å². The molecule has 1 aromatic carbocycles. The molecule has 2 aromatic rings. The van der Waals surface area contributed by atoms with Crippen LogP contribution in [0.3, 0.4) is 0 Å². The van der Waals surface area contributed by atoms with E-state index in [2.05, 4.69) is 45.5 Å².